The molecule has 0 radical (unpaired) electrons. The SMILES string of the molecule is CN(C)Cc1ccc(CC(=O)N[C@@H](Cc2cccc(C(=O)O)c2O)B(O)OOc2c(C[C@H](NC(=O)Cc3ccc(CN4CCNCC4)cc3)B(O)O)cccc2C(=O)O)cc1. The molecular formula is C42H51B2N5O12. The Morgan fingerprint density at radius 3 is 1.79 bits per heavy atom. The lowest BCUT2D eigenvalue weighted by Crippen LogP contribution is -2.50. The van der Waals surface area contributed by atoms with E-state index in [1.54, 1.807) is 12.1 Å². The normalized spacial score (nSPS) is 13.9. The molecule has 4 aromatic carbocycles. The molecule has 0 unspecified atom stereocenters. The van der Waals surface area contributed by atoms with Crippen molar-refractivity contribution in [2.24, 2.45) is 0 Å². The summed E-state index contributed by atoms with van der Waals surface area (Å²) in [5.41, 5.74) is 2.68. The third kappa shape index (κ3) is 13.9. The van der Waals surface area contributed by atoms with Crippen molar-refractivity contribution in [2.75, 3.05) is 40.3 Å². The van der Waals surface area contributed by atoms with Crippen LogP contribution in [0.2, 0.25) is 0 Å². The van der Waals surface area contributed by atoms with Crippen molar-refractivity contribution < 1.29 is 59.3 Å². The summed E-state index contributed by atoms with van der Waals surface area (Å²) in [5.74, 6) is -7.75. The van der Waals surface area contributed by atoms with Crippen LogP contribution in [0.5, 0.6) is 11.5 Å². The number of hydrogen-bond donors (Lipinski definition) is 9. The molecule has 0 aliphatic carbocycles. The van der Waals surface area contributed by atoms with E-state index in [1.807, 2.05) is 55.4 Å². The second-order valence-corrected chi connectivity index (χ2v) is 15.2. The van der Waals surface area contributed by atoms with Gasteiger partial charge in [-0.1, -0.05) is 72.8 Å². The van der Waals surface area contributed by atoms with Gasteiger partial charge in [0.15, 0.2) is 5.75 Å². The number of amides is 2. The molecule has 2 atom stereocenters. The van der Waals surface area contributed by atoms with Crippen LogP contribution in [0.25, 0.3) is 0 Å². The highest BCUT2D eigenvalue weighted by molar-refractivity contribution is 6.45. The van der Waals surface area contributed by atoms with Crippen molar-refractivity contribution in [1.29, 1.82) is 0 Å². The maximum atomic E-state index is 13.3. The molecular weight excluding hydrogens is 788 g/mol. The number of carbonyl (C=O) groups is 4. The lowest BCUT2D eigenvalue weighted by Gasteiger charge is -2.27. The zero-order valence-electron chi connectivity index (χ0n) is 34.0. The maximum absolute atomic E-state index is 13.3. The summed E-state index contributed by atoms with van der Waals surface area (Å²) in [6, 6.07) is 22.8. The smallest absolute Gasteiger partial charge is 0.507 e. The molecule has 0 aromatic heterocycles. The quantitative estimate of drug-likeness (QED) is 0.0321. The van der Waals surface area contributed by atoms with Crippen molar-refractivity contribution in [2.45, 2.75) is 50.7 Å². The Bertz CT molecular complexity index is 2120. The monoisotopic (exact) mass is 839 g/mol. The number of nitrogens with zero attached hydrogens (tertiary/aromatic N) is 2. The van der Waals surface area contributed by atoms with Crippen LogP contribution in [0.4, 0.5) is 0 Å². The Morgan fingerprint density at radius 2 is 1.23 bits per heavy atom. The summed E-state index contributed by atoms with van der Waals surface area (Å²) in [6.45, 7) is 5.19. The fourth-order valence-corrected chi connectivity index (χ4v) is 6.94. The first-order valence-corrected chi connectivity index (χ1v) is 19.8. The van der Waals surface area contributed by atoms with Crippen LogP contribution >= 0.6 is 0 Å². The molecule has 2 amide bonds. The lowest BCUT2D eigenvalue weighted by atomic mass is 9.75. The Kier molecular flexibility index (Phi) is 16.8. The van der Waals surface area contributed by atoms with Gasteiger partial charge < -0.3 is 56.1 Å². The van der Waals surface area contributed by atoms with Crippen LogP contribution in [0.3, 0.4) is 0 Å². The van der Waals surface area contributed by atoms with Gasteiger partial charge in [-0.05, 0) is 66.9 Å². The molecule has 19 heteroatoms. The average molecular weight is 840 g/mol. The van der Waals surface area contributed by atoms with E-state index in [9.17, 15) is 49.6 Å². The number of piperazine rings is 1. The van der Waals surface area contributed by atoms with Crippen molar-refractivity contribution in [3.8, 4) is 11.5 Å². The summed E-state index contributed by atoms with van der Waals surface area (Å²) in [4.78, 5) is 65.7. The number of phenols is 1. The number of benzene rings is 4. The van der Waals surface area contributed by atoms with Gasteiger partial charge in [0, 0.05) is 44.8 Å². The summed E-state index contributed by atoms with van der Waals surface area (Å²) in [7, 11) is -0.277. The molecule has 1 aliphatic heterocycles. The minimum absolute atomic E-state index is 0.0363. The maximum Gasteiger partial charge on any atom is 0.527 e. The molecule has 5 rings (SSSR count). The van der Waals surface area contributed by atoms with Crippen molar-refractivity contribution in [3.05, 3.63) is 129 Å². The van der Waals surface area contributed by atoms with Crippen molar-refractivity contribution in [1.82, 2.24) is 25.8 Å². The summed E-state index contributed by atoms with van der Waals surface area (Å²) in [6.07, 6.45) is -0.919. The first-order chi connectivity index (χ1) is 29.2. The molecule has 1 fully saturated rings. The molecule has 1 aliphatic rings. The summed E-state index contributed by atoms with van der Waals surface area (Å²) < 4.78 is 0. The number of carboxylic acids is 2. The zero-order chi connectivity index (χ0) is 44.1. The molecule has 9 N–H and O–H groups in total. The Balaban J connectivity index is 1.30. The molecule has 61 heavy (non-hydrogen) atoms. The highest BCUT2D eigenvalue weighted by Gasteiger charge is 2.34. The van der Waals surface area contributed by atoms with Gasteiger partial charge in [-0.2, -0.15) is 0 Å². The second kappa shape index (κ2) is 22.2. The Morgan fingerprint density at radius 1 is 0.721 bits per heavy atom. The van der Waals surface area contributed by atoms with E-state index in [0.29, 0.717) is 17.7 Å². The Labute approximate surface area is 354 Å². The largest absolute Gasteiger partial charge is 0.527 e. The number of aromatic hydroxyl groups is 1. The molecule has 0 bridgehead atoms. The molecule has 322 valence electrons. The molecule has 0 saturated carbocycles. The van der Waals surface area contributed by atoms with Crippen LogP contribution in [-0.4, -0.2) is 130 Å². The summed E-state index contributed by atoms with van der Waals surface area (Å²) >= 11 is 0. The zero-order valence-corrected chi connectivity index (χ0v) is 34.0. The van der Waals surface area contributed by atoms with Gasteiger partial charge in [-0.25, -0.2) is 14.4 Å². The van der Waals surface area contributed by atoms with Gasteiger partial charge in [0.2, 0.25) is 11.8 Å². The number of nitrogens with one attached hydrogen (secondary N) is 3. The van der Waals surface area contributed by atoms with Crippen LogP contribution in [0.1, 0.15) is 54.1 Å². The van der Waals surface area contributed by atoms with E-state index in [-0.39, 0.29) is 36.8 Å². The number of carbonyl (C=O) groups excluding carboxylic acids is 2. The van der Waals surface area contributed by atoms with Crippen LogP contribution in [-0.2, 0) is 53.2 Å². The van der Waals surface area contributed by atoms with Gasteiger partial charge in [0.05, 0.1) is 24.7 Å². The number of rotatable bonds is 21. The number of hydrogen-bond acceptors (Lipinski definition) is 13. The second-order valence-electron chi connectivity index (χ2n) is 15.2. The van der Waals surface area contributed by atoms with Gasteiger partial charge in [0.25, 0.3) is 0 Å². The average Bonchev–Trinajstić information content (AvgIpc) is 3.21. The topological polar surface area (TPSA) is 251 Å². The lowest BCUT2D eigenvalue weighted by molar-refractivity contribution is -0.128. The fourth-order valence-electron chi connectivity index (χ4n) is 6.94. The number of carboxylic acid groups (broad SMARTS) is 2. The van der Waals surface area contributed by atoms with Crippen molar-refractivity contribution in [3.63, 3.8) is 0 Å². The predicted octanol–water partition coefficient (Wildman–Crippen LogP) is 0.838. The van der Waals surface area contributed by atoms with E-state index in [4.69, 9.17) is 9.69 Å². The first kappa shape index (κ1) is 46.3. The van der Waals surface area contributed by atoms with E-state index < -0.39 is 72.5 Å². The van der Waals surface area contributed by atoms with Gasteiger partial charge in [0.1, 0.15) is 16.9 Å². The number of aromatic carboxylic acids is 2. The molecule has 1 heterocycles. The minimum atomic E-state index is -2.09. The van der Waals surface area contributed by atoms with E-state index in [2.05, 4.69) is 20.9 Å². The predicted molar refractivity (Wildman–Crippen MR) is 225 cm³/mol. The number of para-hydroxylation sites is 2. The van der Waals surface area contributed by atoms with Crippen molar-refractivity contribution >= 4 is 38.0 Å². The third-order valence-corrected chi connectivity index (χ3v) is 10.1. The van der Waals surface area contributed by atoms with Crippen LogP contribution in [0, 0.1) is 0 Å². The van der Waals surface area contributed by atoms with E-state index in [0.717, 1.165) is 43.9 Å². The standard InChI is InChI=1S/C42H51B2N5O12/c1-48(2)25-29-13-9-27(10-14-29)22-38(51)47-36(23-31-5-3-7-33(39(31)52)41(53)54)44(59)61-60-40-32(6-4-8-34(40)42(55)56)24-35(43(57)58)46-37(50)21-28-11-15-30(16-12-28)26-49-19-17-45-18-20-49/h3-16,35-36,45,52,57-59H,17-26H2,1-2H3,(H,46,50)(H,47,51)(H,53,54)(H,55,56)/t35-,36-/m0/s1. The molecule has 1 saturated heterocycles. The Hall–Kier alpha value is -5.79. The third-order valence-electron chi connectivity index (χ3n) is 10.1. The summed E-state index contributed by atoms with van der Waals surface area (Å²) in [5, 5.41) is 70.8. The molecule has 4 aromatic rings. The molecule has 0 spiro atoms. The fraction of sp³-hybridized carbons (Fsp3) is 0.333. The molecule has 17 nitrogen and oxygen atoms in total. The van der Waals surface area contributed by atoms with E-state index >= 15 is 0 Å². The highest BCUT2D eigenvalue weighted by atomic mass is 17.2. The minimum Gasteiger partial charge on any atom is -0.507 e. The van der Waals surface area contributed by atoms with E-state index in [1.165, 1.54) is 36.4 Å². The van der Waals surface area contributed by atoms with Gasteiger partial charge >= 0.3 is 26.2 Å². The van der Waals surface area contributed by atoms with Gasteiger partial charge in [-0.15, -0.1) is 0 Å². The first-order valence-electron chi connectivity index (χ1n) is 19.8. The van der Waals surface area contributed by atoms with Crippen LogP contribution < -0.4 is 20.8 Å². The van der Waals surface area contributed by atoms with Gasteiger partial charge in [-0.3, -0.25) is 14.5 Å². The van der Waals surface area contributed by atoms with Crippen LogP contribution in [0.15, 0.2) is 84.9 Å². The highest BCUT2D eigenvalue weighted by Crippen LogP contribution is 2.28.